The summed E-state index contributed by atoms with van der Waals surface area (Å²) in [5, 5.41) is 10.1. The predicted molar refractivity (Wildman–Crippen MR) is 80.2 cm³/mol. The third-order valence-electron chi connectivity index (χ3n) is 4.39. The fraction of sp³-hybridized carbons (Fsp3) is 0.786. The average molecular weight is 312 g/mol. The van der Waals surface area contributed by atoms with Gasteiger partial charge in [-0.15, -0.1) is 0 Å². The lowest BCUT2D eigenvalue weighted by atomic mass is 9.90. The highest BCUT2D eigenvalue weighted by molar-refractivity contribution is 7.89. The minimum absolute atomic E-state index is 0.214. The number of aromatic amines is 1. The number of hydrogen-bond acceptors (Lipinski definition) is 4. The van der Waals surface area contributed by atoms with Crippen molar-refractivity contribution in [3.63, 3.8) is 0 Å². The summed E-state index contributed by atoms with van der Waals surface area (Å²) < 4.78 is 27.6. The number of H-pyrrole nitrogens is 1. The van der Waals surface area contributed by atoms with Crippen molar-refractivity contribution in [1.82, 2.24) is 20.2 Å². The van der Waals surface area contributed by atoms with Crippen molar-refractivity contribution in [2.24, 2.45) is 5.92 Å². The molecule has 21 heavy (non-hydrogen) atoms. The van der Waals surface area contributed by atoms with E-state index >= 15 is 0 Å². The molecule has 1 aromatic heterocycles. The van der Waals surface area contributed by atoms with Gasteiger partial charge in [0.15, 0.2) is 5.03 Å². The van der Waals surface area contributed by atoms with E-state index in [4.69, 9.17) is 0 Å². The zero-order valence-corrected chi connectivity index (χ0v) is 13.1. The number of hydrogen-bond donors (Lipinski definition) is 3. The third kappa shape index (κ3) is 4.05. The highest BCUT2D eigenvalue weighted by Gasteiger charge is 2.25. The third-order valence-corrected chi connectivity index (χ3v) is 5.83. The van der Waals surface area contributed by atoms with Crippen LogP contribution in [0.25, 0.3) is 0 Å². The van der Waals surface area contributed by atoms with Crippen molar-refractivity contribution in [3.8, 4) is 0 Å². The lowest BCUT2D eigenvalue weighted by Gasteiger charge is -2.21. The molecule has 0 spiro atoms. The van der Waals surface area contributed by atoms with Gasteiger partial charge in [0.25, 0.3) is 10.0 Å². The maximum atomic E-state index is 12.4. The van der Waals surface area contributed by atoms with Crippen LogP contribution in [0.5, 0.6) is 0 Å². The molecule has 0 saturated heterocycles. The number of aromatic nitrogens is 2. The fourth-order valence-corrected chi connectivity index (χ4v) is 4.13. The van der Waals surface area contributed by atoms with Gasteiger partial charge in [-0.25, -0.2) is 13.1 Å². The second kappa shape index (κ2) is 6.46. The first-order valence-electron chi connectivity index (χ1n) is 7.90. The maximum absolute atomic E-state index is 12.4. The summed E-state index contributed by atoms with van der Waals surface area (Å²) >= 11 is 0. The Kier molecular flexibility index (Phi) is 4.61. The Morgan fingerprint density at radius 3 is 2.67 bits per heavy atom. The van der Waals surface area contributed by atoms with Gasteiger partial charge in [-0.05, 0) is 31.6 Å². The van der Waals surface area contributed by atoms with Crippen molar-refractivity contribution in [3.05, 3.63) is 11.8 Å². The summed E-state index contributed by atoms with van der Waals surface area (Å²) in [4.78, 5) is 0. The second-order valence-corrected chi connectivity index (χ2v) is 7.94. The van der Waals surface area contributed by atoms with Gasteiger partial charge in [0, 0.05) is 24.7 Å². The first-order chi connectivity index (χ1) is 10.1. The van der Waals surface area contributed by atoms with Crippen LogP contribution in [-0.4, -0.2) is 31.2 Å². The van der Waals surface area contributed by atoms with Crippen LogP contribution in [0.4, 0.5) is 0 Å². The van der Waals surface area contributed by atoms with E-state index in [-0.39, 0.29) is 5.03 Å². The van der Waals surface area contributed by atoms with E-state index in [9.17, 15) is 8.42 Å². The molecular weight excluding hydrogens is 288 g/mol. The van der Waals surface area contributed by atoms with Crippen molar-refractivity contribution >= 4 is 10.0 Å². The molecule has 0 radical (unpaired) electrons. The molecule has 3 rings (SSSR count). The second-order valence-electron chi connectivity index (χ2n) is 6.24. The smallest absolute Gasteiger partial charge is 0.257 e. The Morgan fingerprint density at radius 1 is 1.19 bits per heavy atom. The van der Waals surface area contributed by atoms with Crippen LogP contribution in [0.3, 0.4) is 0 Å². The SMILES string of the molecule is O=S(=O)(NCC1CCCCC1)c1[nH]ncc1CNC1CC1. The lowest BCUT2D eigenvalue weighted by molar-refractivity contribution is 0.357. The summed E-state index contributed by atoms with van der Waals surface area (Å²) in [6.07, 6.45) is 9.92. The maximum Gasteiger partial charge on any atom is 0.257 e. The van der Waals surface area contributed by atoms with Crippen LogP contribution in [0, 0.1) is 5.92 Å². The van der Waals surface area contributed by atoms with E-state index in [1.54, 1.807) is 6.20 Å². The Hall–Kier alpha value is -0.920. The Balaban J connectivity index is 1.59. The zero-order chi connectivity index (χ0) is 14.7. The summed E-state index contributed by atoms with van der Waals surface area (Å²) in [7, 11) is -3.48. The Morgan fingerprint density at radius 2 is 1.95 bits per heavy atom. The monoisotopic (exact) mass is 312 g/mol. The largest absolute Gasteiger partial charge is 0.310 e. The fourth-order valence-electron chi connectivity index (χ4n) is 2.89. The van der Waals surface area contributed by atoms with E-state index < -0.39 is 10.0 Å². The molecule has 7 heteroatoms. The van der Waals surface area contributed by atoms with Gasteiger partial charge in [-0.2, -0.15) is 5.10 Å². The molecule has 0 unspecified atom stereocenters. The molecule has 6 nitrogen and oxygen atoms in total. The van der Waals surface area contributed by atoms with Gasteiger partial charge in [0.2, 0.25) is 0 Å². The molecule has 0 aromatic carbocycles. The molecule has 0 atom stereocenters. The molecule has 1 heterocycles. The van der Waals surface area contributed by atoms with Crippen molar-refractivity contribution in [1.29, 1.82) is 0 Å². The predicted octanol–water partition coefficient (Wildman–Crippen LogP) is 1.52. The van der Waals surface area contributed by atoms with Crippen molar-refractivity contribution < 1.29 is 8.42 Å². The highest BCUT2D eigenvalue weighted by atomic mass is 32.2. The number of rotatable bonds is 7. The van der Waals surface area contributed by atoms with E-state index in [1.165, 1.54) is 32.1 Å². The van der Waals surface area contributed by atoms with Crippen LogP contribution in [-0.2, 0) is 16.6 Å². The van der Waals surface area contributed by atoms with E-state index in [0.717, 1.165) is 18.4 Å². The molecule has 2 aliphatic carbocycles. The molecule has 3 N–H and O–H groups in total. The number of nitrogens with zero attached hydrogens (tertiary/aromatic N) is 1. The average Bonchev–Trinajstić information content (AvgIpc) is 3.20. The van der Waals surface area contributed by atoms with E-state index in [1.807, 2.05) is 0 Å². The minimum Gasteiger partial charge on any atom is -0.310 e. The summed E-state index contributed by atoms with van der Waals surface area (Å²) in [5.41, 5.74) is 0.720. The lowest BCUT2D eigenvalue weighted by Crippen LogP contribution is -2.31. The van der Waals surface area contributed by atoms with Gasteiger partial charge in [0.1, 0.15) is 0 Å². The first kappa shape index (κ1) is 15.0. The normalized spacial score (nSPS) is 20.8. The van der Waals surface area contributed by atoms with Crippen LogP contribution in [0.15, 0.2) is 11.2 Å². The molecule has 2 fully saturated rings. The van der Waals surface area contributed by atoms with Crippen LogP contribution in [0.2, 0.25) is 0 Å². The summed E-state index contributed by atoms with van der Waals surface area (Å²) in [6, 6.07) is 0.547. The summed E-state index contributed by atoms with van der Waals surface area (Å²) in [6.45, 7) is 1.09. The van der Waals surface area contributed by atoms with Gasteiger partial charge in [-0.1, -0.05) is 19.3 Å². The molecule has 0 bridgehead atoms. The van der Waals surface area contributed by atoms with Crippen LogP contribution >= 0.6 is 0 Å². The zero-order valence-electron chi connectivity index (χ0n) is 12.3. The molecule has 1 aromatic rings. The Labute approximate surface area is 126 Å². The number of nitrogens with one attached hydrogen (secondary N) is 3. The van der Waals surface area contributed by atoms with Crippen molar-refractivity contribution in [2.45, 2.75) is 62.6 Å². The van der Waals surface area contributed by atoms with E-state index in [2.05, 4.69) is 20.2 Å². The molecule has 2 aliphatic rings. The topological polar surface area (TPSA) is 86.9 Å². The molecule has 0 amide bonds. The quantitative estimate of drug-likeness (QED) is 0.712. The van der Waals surface area contributed by atoms with Crippen LogP contribution < -0.4 is 10.0 Å². The van der Waals surface area contributed by atoms with Gasteiger partial charge >= 0.3 is 0 Å². The minimum atomic E-state index is -3.48. The molecule has 118 valence electrons. The first-order valence-corrected chi connectivity index (χ1v) is 9.39. The highest BCUT2D eigenvalue weighted by Crippen LogP contribution is 2.24. The Bertz CT molecular complexity index is 559. The van der Waals surface area contributed by atoms with Crippen LogP contribution in [0.1, 0.15) is 50.5 Å². The standard InChI is InChI=1S/C14H24N4O2S/c19-21(20,17-8-11-4-2-1-3-5-11)14-12(10-16-18-14)9-15-13-6-7-13/h10-11,13,15,17H,1-9H2,(H,16,18). The van der Waals surface area contributed by atoms with Gasteiger partial charge < -0.3 is 5.32 Å². The van der Waals surface area contributed by atoms with E-state index in [0.29, 0.717) is 25.0 Å². The molecule has 0 aliphatic heterocycles. The van der Waals surface area contributed by atoms with Gasteiger partial charge in [0.05, 0.1) is 6.20 Å². The summed E-state index contributed by atoms with van der Waals surface area (Å²) in [5.74, 6) is 0.476. The van der Waals surface area contributed by atoms with Gasteiger partial charge in [-0.3, -0.25) is 5.10 Å². The number of sulfonamides is 1. The molecule has 2 saturated carbocycles. The molecular formula is C14H24N4O2S. The van der Waals surface area contributed by atoms with Crippen molar-refractivity contribution in [2.75, 3.05) is 6.54 Å².